The van der Waals surface area contributed by atoms with E-state index in [0.29, 0.717) is 5.58 Å². The fraction of sp³-hybridized carbons (Fsp3) is 0.250. The second-order valence-electron chi connectivity index (χ2n) is 4.69. The predicted octanol–water partition coefficient (Wildman–Crippen LogP) is 4.50. The molecule has 0 radical (unpaired) electrons. The van der Waals surface area contributed by atoms with Gasteiger partial charge >= 0.3 is 0 Å². The van der Waals surface area contributed by atoms with Gasteiger partial charge in [0, 0.05) is 10.3 Å². The van der Waals surface area contributed by atoms with Gasteiger partial charge in [0.05, 0.1) is 0 Å². The number of furan rings is 1. The first-order valence-electron chi connectivity index (χ1n) is 6.66. The molecule has 0 amide bonds. The van der Waals surface area contributed by atoms with Gasteiger partial charge in [-0.2, -0.15) is 0 Å². The second kappa shape index (κ2) is 5.38. The monoisotopic (exact) mass is 289 g/mol. The van der Waals surface area contributed by atoms with E-state index in [1.807, 2.05) is 19.2 Å². The number of thiophene rings is 1. The highest BCUT2D eigenvalue weighted by atomic mass is 32.1. The van der Waals surface area contributed by atoms with E-state index >= 15 is 0 Å². The molecule has 1 unspecified atom stereocenters. The van der Waals surface area contributed by atoms with Crippen molar-refractivity contribution in [1.29, 1.82) is 0 Å². The molecule has 1 aromatic carbocycles. The van der Waals surface area contributed by atoms with Crippen LogP contribution in [0.4, 0.5) is 4.39 Å². The predicted molar refractivity (Wildman–Crippen MR) is 80.8 cm³/mol. The Kier molecular flexibility index (Phi) is 3.59. The van der Waals surface area contributed by atoms with Gasteiger partial charge in [0.25, 0.3) is 0 Å². The van der Waals surface area contributed by atoms with E-state index in [4.69, 9.17) is 4.42 Å². The first kappa shape index (κ1) is 13.3. The molecular weight excluding hydrogens is 273 g/mol. The third-order valence-electron chi connectivity index (χ3n) is 3.51. The van der Waals surface area contributed by atoms with Crippen molar-refractivity contribution < 1.29 is 8.81 Å². The third kappa shape index (κ3) is 2.15. The molecule has 0 spiro atoms. The quantitative estimate of drug-likeness (QED) is 0.764. The largest absolute Gasteiger partial charge is 0.456 e. The van der Waals surface area contributed by atoms with Crippen molar-refractivity contribution in [3.63, 3.8) is 0 Å². The average Bonchev–Trinajstić information content (AvgIpc) is 3.07. The van der Waals surface area contributed by atoms with Gasteiger partial charge < -0.3 is 9.73 Å². The zero-order valence-corrected chi connectivity index (χ0v) is 12.3. The second-order valence-corrected chi connectivity index (χ2v) is 5.64. The van der Waals surface area contributed by atoms with Crippen LogP contribution in [-0.4, -0.2) is 7.05 Å². The Morgan fingerprint density at radius 2 is 2.20 bits per heavy atom. The van der Waals surface area contributed by atoms with Crippen LogP contribution in [-0.2, 0) is 6.42 Å². The van der Waals surface area contributed by atoms with Crippen molar-refractivity contribution in [3.8, 4) is 0 Å². The smallest absolute Gasteiger partial charge is 0.169 e. The number of benzene rings is 1. The summed E-state index contributed by atoms with van der Waals surface area (Å²) in [4.78, 5) is 1.23. The minimum atomic E-state index is -0.314. The van der Waals surface area contributed by atoms with Crippen molar-refractivity contribution in [1.82, 2.24) is 5.32 Å². The van der Waals surface area contributed by atoms with Crippen molar-refractivity contribution in [2.24, 2.45) is 0 Å². The maximum atomic E-state index is 13.7. The van der Waals surface area contributed by atoms with Gasteiger partial charge in [-0.25, -0.2) is 4.39 Å². The van der Waals surface area contributed by atoms with Crippen LogP contribution >= 0.6 is 11.3 Å². The molecule has 0 saturated carbocycles. The summed E-state index contributed by atoms with van der Waals surface area (Å²) in [5.74, 6) is 0.440. The highest BCUT2D eigenvalue weighted by molar-refractivity contribution is 7.10. The maximum Gasteiger partial charge on any atom is 0.169 e. The van der Waals surface area contributed by atoms with Crippen LogP contribution in [0, 0.1) is 5.82 Å². The molecule has 3 rings (SSSR count). The Labute approximate surface area is 121 Å². The maximum absolute atomic E-state index is 13.7. The molecule has 104 valence electrons. The first-order valence-corrected chi connectivity index (χ1v) is 7.54. The van der Waals surface area contributed by atoms with Gasteiger partial charge in [-0.3, -0.25) is 0 Å². The fourth-order valence-electron chi connectivity index (χ4n) is 2.49. The summed E-state index contributed by atoms with van der Waals surface area (Å²) in [6, 6.07) is 9.01. The highest BCUT2D eigenvalue weighted by Gasteiger charge is 2.21. The number of hydrogen-bond acceptors (Lipinski definition) is 3. The third-order valence-corrected chi connectivity index (χ3v) is 4.54. The van der Waals surface area contributed by atoms with Crippen molar-refractivity contribution in [2.45, 2.75) is 19.4 Å². The summed E-state index contributed by atoms with van der Waals surface area (Å²) in [6.07, 6.45) is 0.978. The number of fused-ring (bicyclic) bond motifs is 1. The lowest BCUT2D eigenvalue weighted by atomic mass is 10.1. The SMILES string of the molecule is CCc1ccsc1C(NC)c1cc2cccc(F)c2o1. The molecule has 3 aromatic rings. The molecule has 2 aromatic heterocycles. The van der Waals surface area contributed by atoms with Gasteiger partial charge in [0.1, 0.15) is 11.8 Å². The lowest BCUT2D eigenvalue weighted by Crippen LogP contribution is -2.16. The standard InChI is InChI=1S/C16H16FNOS/c1-3-10-7-8-20-16(10)14(18-2)13-9-11-5-4-6-12(17)15(11)19-13/h4-9,14,18H,3H2,1-2H3. The molecular formula is C16H16FNOS. The van der Waals surface area contributed by atoms with Gasteiger partial charge in [-0.15, -0.1) is 11.3 Å². The summed E-state index contributed by atoms with van der Waals surface area (Å²) >= 11 is 1.70. The molecule has 0 aliphatic heterocycles. The van der Waals surface area contributed by atoms with Crippen LogP contribution in [0.5, 0.6) is 0 Å². The molecule has 0 saturated heterocycles. The lowest BCUT2D eigenvalue weighted by molar-refractivity contribution is 0.478. The van der Waals surface area contributed by atoms with Gasteiger partial charge in [-0.1, -0.05) is 19.1 Å². The molecule has 20 heavy (non-hydrogen) atoms. The Morgan fingerprint density at radius 3 is 2.90 bits per heavy atom. The summed E-state index contributed by atoms with van der Waals surface area (Å²) < 4.78 is 19.5. The number of hydrogen-bond donors (Lipinski definition) is 1. The lowest BCUT2D eigenvalue weighted by Gasteiger charge is -2.13. The van der Waals surface area contributed by atoms with Crippen LogP contribution in [0.15, 0.2) is 40.1 Å². The normalized spacial score (nSPS) is 12.9. The highest BCUT2D eigenvalue weighted by Crippen LogP contribution is 2.33. The van der Waals surface area contributed by atoms with Crippen molar-refractivity contribution in [3.05, 3.63) is 57.7 Å². The fourth-order valence-corrected chi connectivity index (χ4v) is 3.60. The number of para-hydroxylation sites is 1. The van der Waals surface area contributed by atoms with Crippen molar-refractivity contribution in [2.75, 3.05) is 7.05 Å². The molecule has 0 bridgehead atoms. The van der Waals surface area contributed by atoms with Crippen LogP contribution in [0.3, 0.4) is 0 Å². The van der Waals surface area contributed by atoms with E-state index in [1.165, 1.54) is 16.5 Å². The summed E-state index contributed by atoms with van der Waals surface area (Å²) in [7, 11) is 1.90. The van der Waals surface area contributed by atoms with Gasteiger partial charge in [0.2, 0.25) is 0 Å². The zero-order chi connectivity index (χ0) is 14.1. The number of nitrogens with one attached hydrogen (secondary N) is 1. The minimum absolute atomic E-state index is 0.0308. The van der Waals surface area contributed by atoms with E-state index in [2.05, 4.69) is 23.7 Å². The minimum Gasteiger partial charge on any atom is -0.456 e. The molecule has 0 aliphatic carbocycles. The Hall–Kier alpha value is -1.65. The molecule has 2 nitrogen and oxygen atoms in total. The number of aryl methyl sites for hydroxylation is 1. The average molecular weight is 289 g/mol. The molecule has 0 fully saturated rings. The van der Waals surface area contributed by atoms with Crippen LogP contribution < -0.4 is 5.32 Å². The zero-order valence-electron chi connectivity index (χ0n) is 11.4. The molecule has 1 atom stereocenters. The van der Waals surface area contributed by atoms with Gasteiger partial charge in [0.15, 0.2) is 11.4 Å². The van der Waals surface area contributed by atoms with Crippen LogP contribution in [0.2, 0.25) is 0 Å². The topological polar surface area (TPSA) is 25.2 Å². The van der Waals surface area contributed by atoms with Crippen LogP contribution in [0.25, 0.3) is 11.0 Å². The van der Waals surface area contributed by atoms with E-state index in [9.17, 15) is 4.39 Å². The van der Waals surface area contributed by atoms with Gasteiger partial charge in [-0.05, 0) is 42.6 Å². The molecule has 4 heteroatoms. The summed E-state index contributed by atoms with van der Waals surface area (Å²) in [5, 5.41) is 6.16. The van der Waals surface area contributed by atoms with E-state index in [-0.39, 0.29) is 11.9 Å². The Bertz CT molecular complexity index is 731. The summed E-state index contributed by atoms with van der Waals surface area (Å²) in [5.41, 5.74) is 1.63. The Balaban J connectivity index is 2.10. The molecule has 1 N–H and O–H groups in total. The molecule has 2 heterocycles. The number of rotatable bonds is 4. The van der Waals surface area contributed by atoms with E-state index in [1.54, 1.807) is 17.4 Å². The Morgan fingerprint density at radius 1 is 1.35 bits per heavy atom. The summed E-state index contributed by atoms with van der Waals surface area (Å²) in [6.45, 7) is 2.14. The first-order chi connectivity index (χ1) is 9.74. The molecule has 0 aliphatic rings. The number of halogens is 1. The van der Waals surface area contributed by atoms with Crippen LogP contribution in [0.1, 0.15) is 29.2 Å². The van der Waals surface area contributed by atoms with Crippen molar-refractivity contribution >= 4 is 22.3 Å². The van der Waals surface area contributed by atoms with E-state index < -0.39 is 0 Å². The van der Waals surface area contributed by atoms with E-state index in [0.717, 1.165) is 17.6 Å².